The lowest BCUT2D eigenvalue weighted by Gasteiger charge is -2.15. The van der Waals surface area contributed by atoms with Gasteiger partial charge in [0.05, 0.1) is 15.6 Å². The maximum atomic E-state index is 12.6. The van der Waals surface area contributed by atoms with E-state index in [0.29, 0.717) is 10.7 Å². The SMILES string of the molecule is CN(C)c1ccc(NC(=O)c2cccc(S(=O)(=O)NCc3cccs3)c2)cc1Cl. The topological polar surface area (TPSA) is 78.5 Å². The summed E-state index contributed by atoms with van der Waals surface area (Å²) in [5.41, 5.74) is 1.58. The van der Waals surface area contributed by atoms with Gasteiger partial charge in [0.25, 0.3) is 5.91 Å². The van der Waals surface area contributed by atoms with E-state index in [0.717, 1.165) is 10.6 Å². The highest BCUT2D eigenvalue weighted by molar-refractivity contribution is 7.89. The minimum atomic E-state index is -3.74. The first kappa shape index (κ1) is 21.3. The van der Waals surface area contributed by atoms with E-state index in [2.05, 4.69) is 10.0 Å². The Morgan fingerprint density at radius 3 is 2.55 bits per heavy atom. The molecule has 0 aliphatic heterocycles. The average molecular weight is 450 g/mol. The van der Waals surface area contributed by atoms with Crippen LogP contribution in [0.1, 0.15) is 15.2 Å². The van der Waals surface area contributed by atoms with Gasteiger partial charge in [-0.15, -0.1) is 11.3 Å². The number of carbonyl (C=O) groups is 1. The van der Waals surface area contributed by atoms with Gasteiger partial charge in [0, 0.05) is 36.8 Å². The molecular formula is C20H20ClN3O3S2. The summed E-state index contributed by atoms with van der Waals surface area (Å²) < 4.78 is 27.6. The fraction of sp³-hybridized carbons (Fsp3) is 0.150. The molecule has 3 aromatic rings. The summed E-state index contributed by atoms with van der Waals surface area (Å²) in [6, 6.07) is 14.8. The molecule has 2 aromatic carbocycles. The van der Waals surface area contributed by atoms with E-state index in [4.69, 9.17) is 11.6 Å². The van der Waals surface area contributed by atoms with Gasteiger partial charge in [0.15, 0.2) is 0 Å². The first-order valence-corrected chi connectivity index (χ1v) is 11.4. The van der Waals surface area contributed by atoms with E-state index in [1.807, 2.05) is 36.5 Å². The maximum Gasteiger partial charge on any atom is 0.255 e. The van der Waals surface area contributed by atoms with Crippen LogP contribution in [0.25, 0.3) is 0 Å². The summed E-state index contributed by atoms with van der Waals surface area (Å²) in [6.45, 7) is 0.202. The molecule has 0 saturated carbocycles. The molecule has 0 fully saturated rings. The van der Waals surface area contributed by atoms with Crippen LogP contribution in [0.5, 0.6) is 0 Å². The number of nitrogens with one attached hydrogen (secondary N) is 2. The molecule has 1 aromatic heterocycles. The van der Waals surface area contributed by atoms with Gasteiger partial charge < -0.3 is 10.2 Å². The van der Waals surface area contributed by atoms with Gasteiger partial charge in [-0.05, 0) is 47.8 Å². The quantitative estimate of drug-likeness (QED) is 0.566. The maximum absolute atomic E-state index is 12.6. The average Bonchev–Trinajstić information content (AvgIpc) is 3.20. The van der Waals surface area contributed by atoms with E-state index in [1.54, 1.807) is 24.3 Å². The Kier molecular flexibility index (Phi) is 6.59. The molecule has 0 atom stereocenters. The van der Waals surface area contributed by atoms with Gasteiger partial charge in [-0.25, -0.2) is 13.1 Å². The van der Waals surface area contributed by atoms with Gasteiger partial charge in [0.1, 0.15) is 0 Å². The third-order valence-electron chi connectivity index (χ3n) is 4.11. The monoisotopic (exact) mass is 449 g/mol. The summed E-state index contributed by atoms with van der Waals surface area (Å²) in [7, 11) is 0.00875. The number of thiophene rings is 1. The van der Waals surface area contributed by atoms with Crippen LogP contribution in [-0.4, -0.2) is 28.4 Å². The fourth-order valence-electron chi connectivity index (χ4n) is 2.62. The van der Waals surface area contributed by atoms with Crippen LogP contribution < -0.4 is 14.9 Å². The number of anilines is 2. The van der Waals surface area contributed by atoms with Gasteiger partial charge in [-0.2, -0.15) is 0 Å². The minimum absolute atomic E-state index is 0.0303. The van der Waals surface area contributed by atoms with Crippen LogP contribution in [0.4, 0.5) is 11.4 Å². The Labute approximate surface area is 179 Å². The predicted octanol–water partition coefficient (Wildman–Crippen LogP) is 4.20. The zero-order valence-electron chi connectivity index (χ0n) is 15.8. The molecule has 0 unspecified atom stereocenters. The Hall–Kier alpha value is -2.39. The van der Waals surface area contributed by atoms with Crippen LogP contribution in [0, 0.1) is 0 Å². The molecule has 0 aliphatic rings. The van der Waals surface area contributed by atoms with Crippen LogP contribution in [0.2, 0.25) is 5.02 Å². The number of carbonyl (C=O) groups excluding carboxylic acids is 1. The second-order valence-corrected chi connectivity index (χ2v) is 9.65. The van der Waals surface area contributed by atoms with Crippen molar-refractivity contribution in [1.29, 1.82) is 0 Å². The molecule has 3 rings (SSSR count). The van der Waals surface area contributed by atoms with Crippen molar-refractivity contribution >= 4 is 50.2 Å². The van der Waals surface area contributed by atoms with E-state index in [1.165, 1.54) is 29.5 Å². The van der Waals surface area contributed by atoms with Crippen LogP contribution in [0.15, 0.2) is 64.9 Å². The Balaban J connectivity index is 1.74. The molecule has 29 heavy (non-hydrogen) atoms. The predicted molar refractivity (Wildman–Crippen MR) is 119 cm³/mol. The molecule has 0 aliphatic carbocycles. The van der Waals surface area contributed by atoms with Crippen LogP contribution in [-0.2, 0) is 16.6 Å². The molecule has 2 N–H and O–H groups in total. The van der Waals surface area contributed by atoms with Crippen molar-refractivity contribution in [2.24, 2.45) is 0 Å². The van der Waals surface area contributed by atoms with Crippen molar-refractivity contribution < 1.29 is 13.2 Å². The zero-order chi connectivity index (χ0) is 21.0. The lowest BCUT2D eigenvalue weighted by atomic mass is 10.2. The summed E-state index contributed by atoms with van der Waals surface area (Å²) in [4.78, 5) is 15.4. The standard InChI is InChI=1S/C20H20ClN3O3S2/c1-24(2)19-9-8-15(12-18(19)21)23-20(25)14-5-3-7-17(11-14)29(26,27)22-13-16-6-4-10-28-16/h3-12,22H,13H2,1-2H3,(H,23,25). The van der Waals surface area contributed by atoms with Crippen molar-refractivity contribution in [1.82, 2.24) is 4.72 Å². The van der Waals surface area contributed by atoms with Crippen molar-refractivity contribution in [3.8, 4) is 0 Å². The molecule has 152 valence electrons. The number of amides is 1. The van der Waals surface area contributed by atoms with Crippen molar-refractivity contribution in [2.75, 3.05) is 24.3 Å². The van der Waals surface area contributed by atoms with Crippen molar-refractivity contribution in [3.05, 3.63) is 75.4 Å². The number of hydrogen-bond acceptors (Lipinski definition) is 5. The summed E-state index contributed by atoms with van der Waals surface area (Å²) in [6.07, 6.45) is 0. The molecule has 1 amide bonds. The zero-order valence-corrected chi connectivity index (χ0v) is 18.2. The number of halogens is 1. The molecule has 1 heterocycles. The van der Waals surface area contributed by atoms with Gasteiger partial charge in [0.2, 0.25) is 10.0 Å². The normalized spacial score (nSPS) is 11.3. The molecular weight excluding hydrogens is 430 g/mol. The lowest BCUT2D eigenvalue weighted by Crippen LogP contribution is -2.23. The summed E-state index contributed by atoms with van der Waals surface area (Å²) in [5.74, 6) is -0.422. The fourth-order valence-corrected chi connectivity index (χ4v) is 4.76. The highest BCUT2D eigenvalue weighted by Crippen LogP contribution is 2.27. The minimum Gasteiger partial charge on any atom is -0.376 e. The first-order chi connectivity index (χ1) is 13.8. The van der Waals surface area contributed by atoms with Gasteiger partial charge in [-0.1, -0.05) is 23.7 Å². The van der Waals surface area contributed by atoms with E-state index >= 15 is 0 Å². The number of nitrogens with zero attached hydrogens (tertiary/aromatic N) is 1. The number of rotatable bonds is 7. The van der Waals surface area contributed by atoms with Gasteiger partial charge >= 0.3 is 0 Å². The van der Waals surface area contributed by atoms with Crippen molar-refractivity contribution in [2.45, 2.75) is 11.4 Å². The second kappa shape index (κ2) is 8.96. The number of sulfonamides is 1. The third kappa shape index (κ3) is 5.36. The molecule has 0 radical (unpaired) electrons. The van der Waals surface area contributed by atoms with E-state index in [9.17, 15) is 13.2 Å². The molecule has 9 heteroatoms. The van der Waals surface area contributed by atoms with E-state index in [-0.39, 0.29) is 17.0 Å². The van der Waals surface area contributed by atoms with Gasteiger partial charge in [-0.3, -0.25) is 4.79 Å². The number of benzene rings is 2. The van der Waals surface area contributed by atoms with Crippen LogP contribution in [0.3, 0.4) is 0 Å². The largest absolute Gasteiger partial charge is 0.376 e. The van der Waals surface area contributed by atoms with E-state index < -0.39 is 15.9 Å². The third-order valence-corrected chi connectivity index (χ3v) is 6.69. The lowest BCUT2D eigenvalue weighted by molar-refractivity contribution is 0.102. The Morgan fingerprint density at radius 2 is 1.90 bits per heavy atom. The molecule has 0 bridgehead atoms. The second-order valence-electron chi connectivity index (χ2n) is 6.45. The smallest absolute Gasteiger partial charge is 0.255 e. The van der Waals surface area contributed by atoms with Crippen LogP contribution >= 0.6 is 22.9 Å². The Morgan fingerprint density at radius 1 is 1.10 bits per heavy atom. The first-order valence-electron chi connectivity index (χ1n) is 8.66. The highest BCUT2D eigenvalue weighted by atomic mass is 35.5. The number of hydrogen-bond donors (Lipinski definition) is 2. The molecule has 0 saturated heterocycles. The molecule has 0 spiro atoms. The van der Waals surface area contributed by atoms with Crippen molar-refractivity contribution in [3.63, 3.8) is 0 Å². The Bertz CT molecular complexity index is 1110. The summed E-state index contributed by atoms with van der Waals surface area (Å²) >= 11 is 7.70. The summed E-state index contributed by atoms with van der Waals surface area (Å²) in [5, 5.41) is 5.13. The highest BCUT2D eigenvalue weighted by Gasteiger charge is 2.17. The molecule has 6 nitrogen and oxygen atoms in total.